The average Bonchev–Trinajstić information content (AvgIpc) is 2.69. The number of piperidine rings is 1. The Bertz CT molecular complexity index is 172. The minimum Gasteiger partial charge on any atom is -0.388 e. The molecule has 1 saturated carbocycles. The van der Waals surface area contributed by atoms with Crippen LogP contribution in [0.15, 0.2) is 0 Å². The highest BCUT2D eigenvalue weighted by molar-refractivity contribution is 4.88. The van der Waals surface area contributed by atoms with Gasteiger partial charge in [-0.1, -0.05) is 12.8 Å². The Hall–Kier alpha value is -0.120. The molecule has 82 valence electrons. The maximum absolute atomic E-state index is 10.2. The predicted molar refractivity (Wildman–Crippen MR) is 57.3 cm³/mol. The lowest BCUT2D eigenvalue weighted by atomic mass is 9.92. The molecular formula is C11H22N2O. The van der Waals surface area contributed by atoms with Gasteiger partial charge in [-0.15, -0.1) is 0 Å². The van der Waals surface area contributed by atoms with Crippen LogP contribution in [0.5, 0.6) is 0 Å². The molecule has 1 aliphatic heterocycles. The molecular weight excluding hydrogens is 176 g/mol. The molecule has 2 fully saturated rings. The highest BCUT2D eigenvalue weighted by Crippen LogP contribution is 2.21. The normalized spacial score (nSPS) is 28.1. The first kappa shape index (κ1) is 10.4. The van der Waals surface area contributed by atoms with Crippen LogP contribution in [-0.4, -0.2) is 36.4 Å². The van der Waals surface area contributed by atoms with E-state index >= 15 is 0 Å². The Labute approximate surface area is 86.3 Å². The molecule has 1 saturated heterocycles. The molecule has 0 amide bonds. The van der Waals surface area contributed by atoms with Gasteiger partial charge in [0.2, 0.25) is 0 Å². The second-order valence-corrected chi connectivity index (χ2v) is 4.84. The summed E-state index contributed by atoms with van der Waals surface area (Å²) in [7, 11) is 0. The van der Waals surface area contributed by atoms with E-state index in [1.54, 1.807) is 0 Å². The Morgan fingerprint density at radius 1 is 1.21 bits per heavy atom. The van der Waals surface area contributed by atoms with E-state index in [0.717, 1.165) is 32.5 Å². The van der Waals surface area contributed by atoms with Crippen molar-refractivity contribution in [3.05, 3.63) is 0 Å². The lowest BCUT2D eigenvalue weighted by Crippen LogP contribution is -2.50. The molecule has 14 heavy (non-hydrogen) atoms. The minimum absolute atomic E-state index is 0.437. The zero-order valence-corrected chi connectivity index (χ0v) is 8.89. The van der Waals surface area contributed by atoms with Crippen LogP contribution in [0.4, 0.5) is 0 Å². The Kier molecular flexibility index (Phi) is 3.42. The van der Waals surface area contributed by atoms with Gasteiger partial charge in [0.05, 0.1) is 5.60 Å². The molecule has 0 aromatic heterocycles. The van der Waals surface area contributed by atoms with E-state index in [1.807, 2.05) is 0 Å². The summed E-state index contributed by atoms with van der Waals surface area (Å²) >= 11 is 0. The summed E-state index contributed by atoms with van der Waals surface area (Å²) < 4.78 is 0. The summed E-state index contributed by atoms with van der Waals surface area (Å²) in [4.78, 5) is 0. The standard InChI is InChI=1S/C11H22N2O/c14-11(5-7-12-8-6-11)9-13-10-3-1-2-4-10/h10,12-14H,1-9H2. The molecule has 3 nitrogen and oxygen atoms in total. The fourth-order valence-corrected chi connectivity index (χ4v) is 2.53. The van der Waals surface area contributed by atoms with Crippen LogP contribution >= 0.6 is 0 Å². The van der Waals surface area contributed by atoms with E-state index in [4.69, 9.17) is 0 Å². The zero-order chi connectivity index (χ0) is 9.86. The van der Waals surface area contributed by atoms with Crippen molar-refractivity contribution in [2.24, 2.45) is 0 Å². The molecule has 1 heterocycles. The number of rotatable bonds is 3. The third-order valence-corrected chi connectivity index (χ3v) is 3.61. The monoisotopic (exact) mass is 198 g/mol. The van der Waals surface area contributed by atoms with Crippen LogP contribution in [0, 0.1) is 0 Å². The summed E-state index contributed by atoms with van der Waals surface area (Å²) in [5.74, 6) is 0. The van der Waals surface area contributed by atoms with E-state index in [2.05, 4.69) is 10.6 Å². The molecule has 3 heteroatoms. The van der Waals surface area contributed by atoms with Crippen molar-refractivity contribution in [2.45, 2.75) is 50.2 Å². The number of nitrogens with one attached hydrogen (secondary N) is 2. The smallest absolute Gasteiger partial charge is 0.0795 e. The molecule has 0 unspecified atom stereocenters. The van der Waals surface area contributed by atoms with E-state index in [9.17, 15) is 5.11 Å². The first-order valence-electron chi connectivity index (χ1n) is 5.95. The largest absolute Gasteiger partial charge is 0.388 e. The molecule has 0 bridgehead atoms. The molecule has 2 aliphatic rings. The quantitative estimate of drug-likeness (QED) is 0.623. The second-order valence-electron chi connectivity index (χ2n) is 4.84. The van der Waals surface area contributed by atoms with Crippen molar-refractivity contribution in [1.29, 1.82) is 0 Å². The summed E-state index contributed by atoms with van der Waals surface area (Å²) in [6, 6.07) is 0.675. The summed E-state index contributed by atoms with van der Waals surface area (Å²) in [5.41, 5.74) is -0.437. The van der Waals surface area contributed by atoms with Gasteiger partial charge in [0.1, 0.15) is 0 Å². The van der Waals surface area contributed by atoms with E-state index in [1.165, 1.54) is 25.7 Å². The van der Waals surface area contributed by atoms with Crippen LogP contribution in [0.3, 0.4) is 0 Å². The highest BCUT2D eigenvalue weighted by atomic mass is 16.3. The van der Waals surface area contributed by atoms with Crippen molar-refractivity contribution in [3.63, 3.8) is 0 Å². The predicted octanol–water partition coefficient (Wildman–Crippen LogP) is 0.633. The Morgan fingerprint density at radius 3 is 2.50 bits per heavy atom. The van der Waals surface area contributed by atoms with Gasteiger partial charge in [-0.25, -0.2) is 0 Å². The van der Waals surface area contributed by atoms with Gasteiger partial charge in [0.25, 0.3) is 0 Å². The fourth-order valence-electron chi connectivity index (χ4n) is 2.53. The Balaban J connectivity index is 1.72. The van der Waals surface area contributed by atoms with Crippen LogP contribution in [0.1, 0.15) is 38.5 Å². The molecule has 0 aromatic carbocycles. The third kappa shape index (κ3) is 2.69. The molecule has 1 aliphatic carbocycles. The first-order chi connectivity index (χ1) is 6.79. The van der Waals surface area contributed by atoms with Gasteiger partial charge >= 0.3 is 0 Å². The average molecular weight is 198 g/mol. The molecule has 0 aromatic rings. The van der Waals surface area contributed by atoms with Gasteiger partial charge in [0.15, 0.2) is 0 Å². The van der Waals surface area contributed by atoms with Gasteiger partial charge < -0.3 is 15.7 Å². The summed E-state index contributed by atoms with van der Waals surface area (Å²) in [6.07, 6.45) is 7.11. The van der Waals surface area contributed by atoms with Crippen molar-refractivity contribution < 1.29 is 5.11 Å². The maximum atomic E-state index is 10.2. The third-order valence-electron chi connectivity index (χ3n) is 3.61. The van der Waals surface area contributed by atoms with Gasteiger partial charge in [-0.05, 0) is 38.8 Å². The van der Waals surface area contributed by atoms with Crippen molar-refractivity contribution in [1.82, 2.24) is 10.6 Å². The van der Waals surface area contributed by atoms with Crippen molar-refractivity contribution in [3.8, 4) is 0 Å². The molecule has 2 rings (SSSR count). The number of hydrogen-bond donors (Lipinski definition) is 3. The van der Waals surface area contributed by atoms with Crippen molar-refractivity contribution in [2.75, 3.05) is 19.6 Å². The van der Waals surface area contributed by atoms with E-state index < -0.39 is 5.60 Å². The van der Waals surface area contributed by atoms with E-state index in [-0.39, 0.29) is 0 Å². The molecule has 0 radical (unpaired) electrons. The molecule has 0 spiro atoms. The van der Waals surface area contributed by atoms with Gasteiger partial charge in [-0.2, -0.15) is 0 Å². The van der Waals surface area contributed by atoms with Crippen LogP contribution in [-0.2, 0) is 0 Å². The van der Waals surface area contributed by atoms with Crippen LogP contribution in [0.2, 0.25) is 0 Å². The maximum Gasteiger partial charge on any atom is 0.0795 e. The van der Waals surface area contributed by atoms with Crippen LogP contribution < -0.4 is 10.6 Å². The summed E-state index contributed by atoms with van der Waals surface area (Å²) in [5, 5.41) is 17.0. The van der Waals surface area contributed by atoms with E-state index in [0.29, 0.717) is 6.04 Å². The zero-order valence-electron chi connectivity index (χ0n) is 8.89. The van der Waals surface area contributed by atoms with Crippen molar-refractivity contribution >= 4 is 0 Å². The lowest BCUT2D eigenvalue weighted by Gasteiger charge is -2.33. The second kappa shape index (κ2) is 4.60. The van der Waals surface area contributed by atoms with Gasteiger partial charge in [0, 0.05) is 12.6 Å². The fraction of sp³-hybridized carbons (Fsp3) is 1.00. The topological polar surface area (TPSA) is 44.3 Å². The summed E-state index contributed by atoms with van der Waals surface area (Å²) in [6.45, 7) is 2.71. The molecule has 3 N–H and O–H groups in total. The molecule has 0 atom stereocenters. The minimum atomic E-state index is -0.437. The van der Waals surface area contributed by atoms with Crippen LogP contribution in [0.25, 0.3) is 0 Å². The highest BCUT2D eigenvalue weighted by Gasteiger charge is 2.29. The SMILES string of the molecule is OC1(CNC2CCCC2)CCNCC1. The first-order valence-corrected chi connectivity index (χ1v) is 5.95. The number of aliphatic hydroxyl groups is 1. The Morgan fingerprint density at radius 2 is 1.86 bits per heavy atom. The number of hydrogen-bond acceptors (Lipinski definition) is 3. The lowest BCUT2D eigenvalue weighted by molar-refractivity contribution is 0.00898. The van der Waals surface area contributed by atoms with Gasteiger partial charge in [-0.3, -0.25) is 0 Å².